The summed E-state index contributed by atoms with van der Waals surface area (Å²) in [5, 5.41) is 16.4. The van der Waals surface area contributed by atoms with Crippen LogP contribution in [-0.2, 0) is 0 Å². The van der Waals surface area contributed by atoms with E-state index in [4.69, 9.17) is 5.11 Å². The van der Waals surface area contributed by atoms with Crippen molar-refractivity contribution in [3.8, 4) is 0 Å². The van der Waals surface area contributed by atoms with Crippen molar-refractivity contribution in [3.05, 3.63) is 10.9 Å². The predicted octanol–water partition coefficient (Wildman–Crippen LogP) is 3.01. The van der Waals surface area contributed by atoms with E-state index in [9.17, 15) is 0 Å². The highest BCUT2D eigenvalue weighted by Crippen LogP contribution is 2.29. The van der Waals surface area contributed by atoms with Crippen molar-refractivity contribution in [2.45, 2.75) is 33.1 Å². The van der Waals surface area contributed by atoms with Gasteiger partial charge in [0.2, 0.25) is 5.95 Å². The van der Waals surface area contributed by atoms with E-state index in [1.165, 1.54) is 4.88 Å². The standard InChI is InChI=1S/C14H22N4OS/c1-3-15-14-17-12(16-7-5-4-6-8-19)11-9-10(2)20-13(11)18-14/h9,19H,3-8H2,1-2H3,(H2,15,16,17,18). The van der Waals surface area contributed by atoms with E-state index >= 15 is 0 Å². The maximum atomic E-state index is 8.77. The van der Waals surface area contributed by atoms with Crippen LogP contribution in [0.3, 0.4) is 0 Å². The summed E-state index contributed by atoms with van der Waals surface area (Å²) in [6, 6.07) is 2.13. The zero-order chi connectivity index (χ0) is 14.4. The molecule has 0 aliphatic carbocycles. The number of nitrogens with one attached hydrogen (secondary N) is 2. The normalized spacial score (nSPS) is 10.9. The van der Waals surface area contributed by atoms with Gasteiger partial charge >= 0.3 is 0 Å². The average Bonchev–Trinajstić information content (AvgIpc) is 2.79. The second kappa shape index (κ2) is 7.40. The van der Waals surface area contributed by atoms with Crippen LogP contribution in [0.15, 0.2) is 6.07 Å². The number of aliphatic hydroxyl groups excluding tert-OH is 1. The molecule has 0 spiro atoms. The molecule has 0 unspecified atom stereocenters. The highest BCUT2D eigenvalue weighted by atomic mass is 32.1. The Morgan fingerprint density at radius 3 is 2.80 bits per heavy atom. The van der Waals surface area contributed by atoms with Gasteiger partial charge in [-0.05, 0) is 39.2 Å². The predicted molar refractivity (Wildman–Crippen MR) is 85.7 cm³/mol. The minimum atomic E-state index is 0.270. The second-order valence-electron chi connectivity index (χ2n) is 4.71. The van der Waals surface area contributed by atoms with E-state index in [0.29, 0.717) is 5.95 Å². The largest absolute Gasteiger partial charge is 0.396 e. The number of aliphatic hydroxyl groups is 1. The summed E-state index contributed by atoms with van der Waals surface area (Å²) in [5.74, 6) is 1.58. The summed E-state index contributed by atoms with van der Waals surface area (Å²) >= 11 is 1.69. The molecule has 0 amide bonds. The molecular formula is C14H22N4OS. The third kappa shape index (κ3) is 3.80. The Bertz CT molecular complexity index is 555. The Kier molecular flexibility index (Phi) is 5.55. The van der Waals surface area contributed by atoms with E-state index < -0.39 is 0 Å². The number of aromatic nitrogens is 2. The Morgan fingerprint density at radius 2 is 2.05 bits per heavy atom. The number of fused-ring (bicyclic) bond motifs is 1. The average molecular weight is 294 g/mol. The van der Waals surface area contributed by atoms with Crippen LogP contribution in [0, 0.1) is 6.92 Å². The van der Waals surface area contributed by atoms with Gasteiger partial charge in [0.05, 0.1) is 5.39 Å². The van der Waals surface area contributed by atoms with Crippen LogP contribution in [0.25, 0.3) is 10.2 Å². The molecule has 0 aliphatic heterocycles. The minimum Gasteiger partial charge on any atom is -0.396 e. The lowest BCUT2D eigenvalue weighted by Gasteiger charge is -2.09. The SMILES string of the molecule is CCNc1nc(NCCCCCO)c2cc(C)sc2n1. The van der Waals surface area contributed by atoms with Gasteiger partial charge in [-0.15, -0.1) is 11.3 Å². The molecule has 2 aromatic heterocycles. The smallest absolute Gasteiger partial charge is 0.226 e. The molecule has 0 saturated heterocycles. The minimum absolute atomic E-state index is 0.270. The Morgan fingerprint density at radius 1 is 1.20 bits per heavy atom. The van der Waals surface area contributed by atoms with E-state index in [2.05, 4.69) is 33.6 Å². The number of rotatable bonds is 8. The monoisotopic (exact) mass is 294 g/mol. The molecule has 2 heterocycles. The van der Waals surface area contributed by atoms with E-state index in [-0.39, 0.29) is 6.61 Å². The molecule has 0 fully saturated rings. The van der Waals surface area contributed by atoms with Gasteiger partial charge in [0, 0.05) is 24.6 Å². The number of hydrogen-bond donors (Lipinski definition) is 3. The van der Waals surface area contributed by atoms with Gasteiger partial charge in [0.1, 0.15) is 10.6 Å². The molecule has 6 heteroatoms. The lowest BCUT2D eigenvalue weighted by Crippen LogP contribution is -2.08. The fraction of sp³-hybridized carbons (Fsp3) is 0.571. The Labute approximate surface area is 123 Å². The van der Waals surface area contributed by atoms with Crippen LogP contribution in [0.5, 0.6) is 0 Å². The fourth-order valence-electron chi connectivity index (χ4n) is 2.03. The maximum absolute atomic E-state index is 8.77. The summed E-state index contributed by atoms with van der Waals surface area (Å²) in [4.78, 5) is 11.3. The fourth-order valence-corrected chi connectivity index (χ4v) is 2.91. The number of unbranched alkanes of at least 4 members (excludes halogenated alkanes) is 2. The maximum Gasteiger partial charge on any atom is 0.226 e. The van der Waals surface area contributed by atoms with Crippen LogP contribution >= 0.6 is 11.3 Å². The van der Waals surface area contributed by atoms with Crippen LogP contribution in [0.1, 0.15) is 31.1 Å². The summed E-state index contributed by atoms with van der Waals surface area (Å²) in [6.07, 6.45) is 2.92. The number of thiophene rings is 1. The van der Waals surface area contributed by atoms with Crippen molar-refractivity contribution in [2.75, 3.05) is 30.3 Å². The lowest BCUT2D eigenvalue weighted by atomic mass is 10.2. The summed E-state index contributed by atoms with van der Waals surface area (Å²) < 4.78 is 0. The van der Waals surface area contributed by atoms with Crippen molar-refractivity contribution < 1.29 is 5.11 Å². The van der Waals surface area contributed by atoms with Crippen molar-refractivity contribution in [2.24, 2.45) is 0 Å². The van der Waals surface area contributed by atoms with Crippen LogP contribution < -0.4 is 10.6 Å². The van der Waals surface area contributed by atoms with E-state index in [1.54, 1.807) is 11.3 Å². The number of anilines is 2. The van der Waals surface area contributed by atoms with Gasteiger partial charge in [0.25, 0.3) is 0 Å². The Balaban J connectivity index is 2.12. The van der Waals surface area contributed by atoms with Gasteiger partial charge in [-0.25, -0.2) is 4.98 Å². The highest BCUT2D eigenvalue weighted by Gasteiger charge is 2.09. The lowest BCUT2D eigenvalue weighted by molar-refractivity contribution is 0.283. The second-order valence-corrected chi connectivity index (χ2v) is 5.95. The molecule has 0 aliphatic rings. The van der Waals surface area contributed by atoms with Gasteiger partial charge < -0.3 is 15.7 Å². The van der Waals surface area contributed by atoms with Gasteiger partial charge in [-0.3, -0.25) is 0 Å². The topological polar surface area (TPSA) is 70.1 Å². The molecule has 0 aromatic carbocycles. The van der Waals surface area contributed by atoms with Crippen molar-refractivity contribution in [1.82, 2.24) is 9.97 Å². The molecule has 0 saturated carbocycles. The molecule has 20 heavy (non-hydrogen) atoms. The van der Waals surface area contributed by atoms with Crippen molar-refractivity contribution in [3.63, 3.8) is 0 Å². The Hall–Kier alpha value is -1.40. The molecule has 2 aromatic rings. The van der Waals surface area contributed by atoms with Crippen LogP contribution in [-0.4, -0.2) is 34.8 Å². The molecule has 110 valence electrons. The molecular weight excluding hydrogens is 272 g/mol. The van der Waals surface area contributed by atoms with Crippen LogP contribution in [0.4, 0.5) is 11.8 Å². The van der Waals surface area contributed by atoms with Crippen LogP contribution in [0.2, 0.25) is 0 Å². The first-order chi connectivity index (χ1) is 9.74. The van der Waals surface area contributed by atoms with Gasteiger partial charge in [0.15, 0.2) is 0 Å². The van der Waals surface area contributed by atoms with Gasteiger partial charge in [-0.2, -0.15) is 4.98 Å². The molecule has 0 bridgehead atoms. The summed E-state index contributed by atoms with van der Waals surface area (Å²) in [5.41, 5.74) is 0. The molecule has 3 N–H and O–H groups in total. The quantitative estimate of drug-likeness (QED) is 0.653. The number of nitrogens with zero attached hydrogens (tertiary/aromatic N) is 2. The van der Waals surface area contributed by atoms with E-state index in [1.807, 2.05) is 6.92 Å². The van der Waals surface area contributed by atoms with Gasteiger partial charge in [-0.1, -0.05) is 0 Å². The van der Waals surface area contributed by atoms with Crippen molar-refractivity contribution in [1.29, 1.82) is 0 Å². The zero-order valence-corrected chi connectivity index (χ0v) is 12.9. The summed E-state index contributed by atoms with van der Waals surface area (Å²) in [7, 11) is 0. The first-order valence-electron chi connectivity index (χ1n) is 7.11. The van der Waals surface area contributed by atoms with Crippen molar-refractivity contribution >= 4 is 33.3 Å². The third-order valence-corrected chi connectivity index (χ3v) is 3.92. The molecule has 0 radical (unpaired) electrons. The first-order valence-corrected chi connectivity index (χ1v) is 7.93. The molecule has 0 atom stereocenters. The highest BCUT2D eigenvalue weighted by molar-refractivity contribution is 7.18. The third-order valence-electron chi connectivity index (χ3n) is 2.98. The number of hydrogen-bond acceptors (Lipinski definition) is 6. The number of aryl methyl sites for hydroxylation is 1. The van der Waals surface area contributed by atoms with E-state index in [0.717, 1.165) is 48.4 Å². The molecule has 5 nitrogen and oxygen atoms in total. The summed E-state index contributed by atoms with van der Waals surface area (Å²) in [6.45, 7) is 6.07. The first kappa shape index (κ1) is 15.0. The zero-order valence-electron chi connectivity index (χ0n) is 12.1. The molecule has 2 rings (SSSR count).